The third kappa shape index (κ3) is 5.30. The number of benzene rings is 3. The second kappa shape index (κ2) is 10.4. The SMILES string of the molecule is O=C(CSc1nnc(-c2ccc(F)cc2)n1-c1ccccc1)Nc1ccccc1Cn1cccn1. The van der Waals surface area contributed by atoms with Gasteiger partial charge in [-0.25, -0.2) is 4.39 Å². The van der Waals surface area contributed by atoms with Crippen LogP contribution in [0.1, 0.15) is 5.56 Å². The molecule has 0 radical (unpaired) electrons. The Labute approximate surface area is 205 Å². The molecule has 3 aromatic carbocycles. The smallest absolute Gasteiger partial charge is 0.234 e. The first-order valence-corrected chi connectivity index (χ1v) is 11.9. The second-order valence-electron chi connectivity index (χ2n) is 7.68. The summed E-state index contributed by atoms with van der Waals surface area (Å²) in [4.78, 5) is 12.8. The average molecular weight is 485 g/mol. The topological polar surface area (TPSA) is 77.6 Å². The number of nitrogens with one attached hydrogen (secondary N) is 1. The maximum Gasteiger partial charge on any atom is 0.234 e. The van der Waals surface area contributed by atoms with E-state index in [9.17, 15) is 9.18 Å². The fraction of sp³-hybridized carbons (Fsp3) is 0.0769. The van der Waals surface area contributed by atoms with Crippen LogP contribution >= 0.6 is 11.8 Å². The van der Waals surface area contributed by atoms with Gasteiger partial charge in [-0.15, -0.1) is 10.2 Å². The van der Waals surface area contributed by atoms with Gasteiger partial charge in [0, 0.05) is 29.3 Å². The van der Waals surface area contributed by atoms with Crippen molar-refractivity contribution in [2.75, 3.05) is 11.1 Å². The standard InChI is InChI=1S/C26H21FN6OS/c27-21-13-11-19(12-14-21)25-30-31-26(33(25)22-8-2-1-3-9-22)35-18-24(34)29-23-10-5-4-7-20(23)17-32-16-6-15-28-32/h1-16H,17-18H2,(H,29,34). The number of para-hydroxylation sites is 2. The summed E-state index contributed by atoms with van der Waals surface area (Å²) in [5, 5.41) is 16.5. The maximum absolute atomic E-state index is 13.5. The van der Waals surface area contributed by atoms with Crippen molar-refractivity contribution in [1.29, 1.82) is 0 Å². The van der Waals surface area contributed by atoms with Crippen molar-refractivity contribution in [3.05, 3.63) is 109 Å². The molecule has 0 saturated heterocycles. The number of rotatable bonds is 8. The Bertz CT molecular complexity index is 1420. The molecular weight excluding hydrogens is 463 g/mol. The minimum absolute atomic E-state index is 0.143. The minimum atomic E-state index is -0.321. The van der Waals surface area contributed by atoms with E-state index in [0.717, 1.165) is 22.5 Å². The Morgan fingerprint density at radius 3 is 2.46 bits per heavy atom. The lowest BCUT2D eigenvalue weighted by molar-refractivity contribution is -0.113. The molecule has 0 atom stereocenters. The molecule has 1 N–H and O–H groups in total. The molecule has 0 aliphatic carbocycles. The first-order valence-electron chi connectivity index (χ1n) is 10.9. The largest absolute Gasteiger partial charge is 0.325 e. The van der Waals surface area contributed by atoms with Crippen LogP contribution in [0.5, 0.6) is 0 Å². The zero-order valence-electron chi connectivity index (χ0n) is 18.6. The summed E-state index contributed by atoms with van der Waals surface area (Å²) in [7, 11) is 0. The molecule has 0 spiro atoms. The van der Waals surface area contributed by atoms with Crippen LogP contribution in [0.25, 0.3) is 17.1 Å². The number of carbonyl (C=O) groups is 1. The van der Waals surface area contributed by atoms with Crippen LogP contribution in [0.2, 0.25) is 0 Å². The molecule has 5 rings (SSSR count). The van der Waals surface area contributed by atoms with Crippen molar-refractivity contribution < 1.29 is 9.18 Å². The highest BCUT2D eigenvalue weighted by molar-refractivity contribution is 7.99. The van der Waals surface area contributed by atoms with Crippen molar-refractivity contribution in [2.45, 2.75) is 11.7 Å². The fourth-order valence-corrected chi connectivity index (χ4v) is 4.38. The Hall–Kier alpha value is -4.24. The van der Waals surface area contributed by atoms with E-state index >= 15 is 0 Å². The lowest BCUT2D eigenvalue weighted by Crippen LogP contribution is -2.16. The van der Waals surface area contributed by atoms with Gasteiger partial charge in [0.05, 0.1) is 12.3 Å². The number of hydrogen-bond donors (Lipinski definition) is 1. The molecule has 9 heteroatoms. The van der Waals surface area contributed by atoms with Gasteiger partial charge in [-0.3, -0.25) is 14.0 Å². The zero-order chi connectivity index (χ0) is 24.0. The third-order valence-electron chi connectivity index (χ3n) is 5.27. The molecule has 5 aromatic rings. The first-order chi connectivity index (χ1) is 17.2. The van der Waals surface area contributed by atoms with Crippen molar-refractivity contribution in [1.82, 2.24) is 24.5 Å². The predicted octanol–water partition coefficient (Wildman–Crippen LogP) is 5.05. The van der Waals surface area contributed by atoms with E-state index in [4.69, 9.17) is 0 Å². The molecule has 174 valence electrons. The molecule has 2 heterocycles. The highest BCUT2D eigenvalue weighted by Crippen LogP contribution is 2.28. The van der Waals surface area contributed by atoms with Crippen molar-refractivity contribution in [2.24, 2.45) is 0 Å². The highest BCUT2D eigenvalue weighted by Gasteiger charge is 2.18. The summed E-state index contributed by atoms with van der Waals surface area (Å²) >= 11 is 1.28. The van der Waals surface area contributed by atoms with Crippen LogP contribution in [0, 0.1) is 5.82 Å². The normalized spacial score (nSPS) is 10.9. The van der Waals surface area contributed by atoms with Crippen LogP contribution in [0.15, 0.2) is 102 Å². The van der Waals surface area contributed by atoms with Gasteiger partial charge >= 0.3 is 0 Å². The van der Waals surface area contributed by atoms with Crippen LogP contribution in [0.4, 0.5) is 10.1 Å². The lowest BCUT2D eigenvalue weighted by Gasteiger charge is -2.12. The Morgan fingerprint density at radius 1 is 0.914 bits per heavy atom. The molecule has 0 saturated carbocycles. The van der Waals surface area contributed by atoms with Crippen LogP contribution in [0.3, 0.4) is 0 Å². The van der Waals surface area contributed by atoms with Gasteiger partial charge in [-0.2, -0.15) is 5.10 Å². The molecule has 7 nitrogen and oxygen atoms in total. The number of aromatic nitrogens is 5. The number of hydrogen-bond acceptors (Lipinski definition) is 5. The van der Waals surface area contributed by atoms with E-state index in [1.54, 1.807) is 23.0 Å². The third-order valence-corrected chi connectivity index (χ3v) is 6.19. The quantitative estimate of drug-likeness (QED) is 0.312. The number of amides is 1. The summed E-state index contributed by atoms with van der Waals surface area (Å²) in [5.74, 6) is 0.237. The van der Waals surface area contributed by atoms with Crippen LogP contribution in [-0.2, 0) is 11.3 Å². The minimum Gasteiger partial charge on any atom is -0.325 e. The van der Waals surface area contributed by atoms with Gasteiger partial charge < -0.3 is 5.32 Å². The van der Waals surface area contributed by atoms with Gasteiger partial charge in [-0.05, 0) is 54.1 Å². The number of thioether (sulfide) groups is 1. The van der Waals surface area contributed by atoms with Crippen LogP contribution in [-0.4, -0.2) is 36.2 Å². The van der Waals surface area contributed by atoms with E-state index in [1.807, 2.05) is 71.4 Å². The Balaban J connectivity index is 1.35. The second-order valence-corrected chi connectivity index (χ2v) is 8.62. The number of nitrogens with zero attached hydrogens (tertiary/aromatic N) is 5. The maximum atomic E-state index is 13.5. The summed E-state index contributed by atoms with van der Waals surface area (Å²) in [5.41, 5.74) is 3.28. The summed E-state index contributed by atoms with van der Waals surface area (Å²) in [6, 6.07) is 25.3. The summed E-state index contributed by atoms with van der Waals surface area (Å²) < 4.78 is 17.1. The average Bonchev–Trinajstić information content (AvgIpc) is 3.55. The number of anilines is 1. The van der Waals surface area contributed by atoms with Crippen molar-refractivity contribution in [3.63, 3.8) is 0 Å². The van der Waals surface area contributed by atoms with Gasteiger partial charge in [0.15, 0.2) is 11.0 Å². The van der Waals surface area contributed by atoms with Gasteiger partial charge in [0.2, 0.25) is 5.91 Å². The Morgan fingerprint density at radius 2 is 1.69 bits per heavy atom. The van der Waals surface area contributed by atoms with E-state index < -0.39 is 0 Å². The molecule has 0 fully saturated rings. The number of carbonyl (C=O) groups excluding carboxylic acids is 1. The predicted molar refractivity (Wildman–Crippen MR) is 134 cm³/mol. The fourth-order valence-electron chi connectivity index (χ4n) is 3.62. The van der Waals surface area contributed by atoms with Crippen LogP contribution < -0.4 is 5.32 Å². The Kier molecular flexibility index (Phi) is 6.67. The summed E-state index contributed by atoms with van der Waals surface area (Å²) in [6.07, 6.45) is 3.60. The monoisotopic (exact) mass is 484 g/mol. The molecule has 0 aliphatic rings. The molecule has 0 bridgehead atoms. The van der Waals surface area contributed by atoms with E-state index in [1.165, 1.54) is 23.9 Å². The molecule has 1 amide bonds. The number of halogens is 1. The molecule has 0 unspecified atom stereocenters. The molecule has 2 aromatic heterocycles. The van der Waals surface area contributed by atoms with E-state index in [0.29, 0.717) is 17.5 Å². The van der Waals surface area contributed by atoms with Gasteiger partial charge in [-0.1, -0.05) is 48.2 Å². The van der Waals surface area contributed by atoms with E-state index in [-0.39, 0.29) is 17.5 Å². The molecule has 35 heavy (non-hydrogen) atoms. The summed E-state index contributed by atoms with van der Waals surface area (Å²) in [6.45, 7) is 0.556. The van der Waals surface area contributed by atoms with Gasteiger partial charge in [0.25, 0.3) is 0 Å². The highest BCUT2D eigenvalue weighted by atomic mass is 32.2. The van der Waals surface area contributed by atoms with Crippen molar-refractivity contribution >= 4 is 23.4 Å². The molecular formula is C26H21FN6OS. The lowest BCUT2D eigenvalue weighted by atomic mass is 10.2. The zero-order valence-corrected chi connectivity index (χ0v) is 19.4. The molecule has 0 aliphatic heterocycles. The first kappa shape index (κ1) is 22.5. The van der Waals surface area contributed by atoms with Crippen molar-refractivity contribution in [3.8, 4) is 17.1 Å². The van der Waals surface area contributed by atoms with E-state index in [2.05, 4.69) is 20.6 Å². The van der Waals surface area contributed by atoms with Gasteiger partial charge in [0.1, 0.15) is 5.82 Å².